The van der Waals surface area contributed by atoms with Gasteiger partial charge in [-0.3, -0.25) is 0 Å². The van der Waals surface area contributed by atoms with Crippen LogP contribution < -0.4 is 0 Å². The van der Waals surface area contributed by atoms with Gasteiger partial charge >= 0.3 is 0 Å². The minimum absolute atomic E-state index is 0.113. The molecule has 0 amide bonds. The second kappa shape index (κ2) is 2.87. The number of halogens is 1. The van der Waals surface area contributed by atoms with Gasteiger partial charge in [0.15, 0.2) is 6.17 Å². The Morgan fingerprint density at radius 3 is 2.44 bits per heavy atom. The fourth-order valence-corrected chi connectivity index (χ4v) is 1.37. The monoisotopic (exact) mass is 125 g/mol. The highest BCUT2D eigenvalue weighted by atomic mass is 19.1. The van der Waals surface area contributed by atoms with Crippen molar-refractivity contribution in [2.24, 2.45) is 5.92 Å². The Bertz CT molecular complexity index is 117. The molecule has 1 atom stereocenters. The van der Waals surface area contributed by atoms with Gasteiger partial charge in [-0.05, 0) is 19.3 Å². The Morgan fingerprint density at radius 2 is 2.00 bits per heavy atom. The number of rotatable bonds is 1. The molecule has 0 aromatic heterocycles. The van der Waals surface area contributed by atoms with E-state index in [1.807, 2.05) is 5.92 Å². The molecule has 49 valence electrons. The summed E-state index contributed by atoms with van der Waals surface area (Å²) in [7, 11) is 0. The number of hydrogen-bond donors (Lipinski definition) is 0. The quantitative estimate of drug-likeness (QED) is 0.471. The smallest absolute Gasteiger partial charge is 0.164 e. The minimum Gasteiger partial charge on any atom is -0.233 e. The topological polar surface area (TPSA) is 0 Å². The molecule has 0 N–H and O–H groups in total. The summed E-state index contributed by atoms with van der Waals surface area (Å²) in [5.74, 6) is 2.00. The van der Waals surface area contributed by atoms with Crippen LogP contribution in [-0.4, -0.2) is 6.17 Å². The first-order valence-electron chi connectivity index (χ1n) is 3.41. The van der Waals surface area contributed by atoms with E-state index in [2.05, 4.69) is 0 Å². The lowest BCUT2D eigenvalue weighted by Gasteiger charge is -2.06. The van der Waals surface area contributed by atoms with Crippen molar-refractivity contribution < 1.29 is 4.39 Å². The molecule has 1 saturated carbocycles. The van der Waals surface area contributed by atoms with Gasteiger partial charge in [-0.2, -0.15) is 0 Å². The van der Waals surface area contributed by atoms with Gasteiger partial charge in [0.05, 0.1) is 0 Å². The van der Waals surface area contributed by atoms with Crippen LogP contribution in [0.3, 0.4) is 0 Å². The van der Waals surface area contributed by atoms with Crippen molar-refractivity contribution in [3.05, 3.63) is 6.42 Å². The molecule has 1 aliphatic carbocycles. The molecular weight excluding hydrogens is 115 g/mol. The molecule has 0 bridgehead atoms. The molecule has 1 radical (unpaired) electrons. The fraction of sp³-hybridized carbons (Fsp3) is 0.750. The van der Waals surface area contributed by atoms with Crippen LogP contribution in [0.2, 0.25) is 0 Å². The second-order valence-corrected chi connectivity index (χ2v) is 2.59. The van der Waals surface area contributed by atoms with Crippen molar-refractivity contribution in [1.82, 2.24) is 0 Å². The molecule has 0 heterocycles. The van der Waals surface area contributed by atoms with Crippen molar-refractivity contribution in [3.63, 3.8) is 0 Å². The summed E-state index contributed by atoms with van der Waals surface area (Å²) in [6, 6.07) is 0. The average molecular weight is 125 g/mol. The molecule has 1 unspecified atom stereocenters. The highest BCUT2D eigenvalue weighted by Gasteiger charge is 2.22. The van der Waals surface area contributed by atoms with Crippen LogP contribution >= 0.6 is 0 Å². The van der Waals surface area contributed by atoms with Crippen molar-refractivity contribution in [2.45, 2.75) is 31.9 Å². The Kier molecular flexibility index (Phi) is 2.10. The first-order chi connectivity index (χ1) is 4.34. The summed E-state index contributed by atoms with van der Waals surface area (Å²) in [6.07, 6.45) is 9.62. The average Bonchev–Trinajstić information content (AvgIpc) is 2.37. The second-order valence-electron chi connectivity index (χ2n) is 2.59. The first kappa shape index (κ1) is 6.61. The largest absolute Gasteiger partial charge is 0.233 e. The highest BCUT2D eigenvalue weighted by molar-refractivity contribution is 4.93. The summed E-state index contributed by atoms with van der Waals surface area (Å²) in [4.78, 5) is 0. The van der Waals surface area contributed by atoms with Crippen molar-refractivity contribution >= 4 is 0 Å². The van der Waals surface area contributed by atoms with Gasteiger partial charge in [0.25, 0.3) is 0 Å². The summed E-state index contributed by atoms with van der Waals surface area (Å²) >= 11 is 0. The van der Waals surface area contributed by atoms with Crippen molar-refractivity contribution in [3.8, 4) is 5.92 Å². The summed E-state index contributed by atoms with van der Waals surface area (Å²) < 4.78 is 12.5. The van der Waals surface area contributed by atoms with Crippen LogP contribution in [0.5, 0.6) is 0 Å². The molecule has 1 fully saturated rings. The van der Waals surface area contributed by atoms with E-state index in [-0.39, 0.29) is 5.92 Å². The van der Waals surface area contributed by atoms with Crippen LogP contribution in [0, 0.1) is 18.3 Å². The van der Waals surface area contributed by atoms with E-state index in [4.69, 9.17) is 6.42 Å². The molecule has 0 spiro atoms. The van der Waals surface area contributed by atoms with Crippen LogP contribution in [0.4, 0.5) is 4.39 Å². The van der Waals surface area contributed by atoms with Gasteiger partial charge < -0.3 is 0 Å². The highest BCUT2D eigenvalue weighted by Crippen LogP contribution is 2.28. The third kappa shape index (κ3) is 1.45. The Labute approximate surface area is 55.5 Å². The maximum atomic E-state index is 12.5. The first-order valence-corrected chi connectivity index (χ1v) is 3.41. The van der Waals surface area contributed by atoms with Gasteiger partial charge in [-0.25, -0.2) is 4.39 Å². The lowest BCUT2D eigenvalue weighted by molar-refractivity contribution is 0.295. The fourth-order valence-electron chi connectivity index (χ4n) is 1.37. The van der Waals surface area contributed by atoms with Crippen LogP contribution in [0.25, 0.3) is 0 Å². The molecule has 0 nitrogen and oxygen atoms in total. The molecule has 1 aliphatic rings. The standard InChI is InChI=1S/C8H10F/c1-2-8(9)7-5-3-4-6-7/h7-8H,3-6H2. The van der Waals surface area contributed by atoms with Crippen molar-refractivity contribution in [2.75, 3.05) is 0 Å². The maximum absolute atomic E-state index is 12.5. The summed E-state index contributed by atoms with van der Waals surface area (Å²) in [6.45, 7) is 0. The van der Waals surface area contributed by atoms with Gasteiger partial charge in [-0.15, -0.1) is 0 Å². The number of hydrogen-bond acceptors (Lipinski definition) is 0. The summed E-state index contributed by atoms with van der Waals surface area (Å²) in [5, 5.41) is 0. The molecule has 9 heavy (non-hydrogen) atoms. The SMILES string of the molecule is [C]#CC(F)C1CCCC1. The van der Waals surface area contributed by atoms with E-state index < -0.39 is 6.17 Å². The maximum Gasteiger partial charge on any atom is 0.164 e. The molecular formula is C8H10F. The van der Waals surface area contributed by atoms with Gasteiger partial charge in [-0.1, -0.05) is 18.8 Å². The zero-order valence-electron chi connectivity index (χ0n) is 5.36. The van der Waals surface area contributed by atoms with Gasteiger partial charge in [0.2, 0.25) is 0 Å². The normalized spacial score (nSPS) is 23.6. The third-order valence-corrected chi connectivity index (χ3v) is 1.95. The van der Waals surface area contributed by atoms with Gasteiger partial charge in [0.1, 0.15) is 0 Å². The lowest BCUT2D eigenvalue weighted by Crippen LogP contribution is -2.08. The van der Waals surface area contributed by atoms with E-state index in [0.29, 0.717) is 0 Å². The zero-order chi connectivity index (χ0) is 6.69. The van der Waals surface area contributed by atoms with Crippen LogP contribution in [0.1, 0.15) is 25.7 Å². The lowest BCUT2D eigenvalue weighted by atomic mass is 10.0. The Hall–Kier alpha value is -0.510. The summed E-state index contributed by atoms with van der Waals surface area (Å²) in [5.41, 5.74) is 0. The van der Waals surface area contributed by atoms with Crippen LogP contribution in [0.15, 0.2) is 0 Å². The predicted molar refractivity (Wildman–Crippen MR) is 34.0 cm³/mol. The van der Waals surface area contributed by atoms with E-state index in [9.17, 15) is 4.39 Å². The Balaban J connectivity index is 2.34. The number of alkyl halides is 1. The molecule has 0 aromatic rings. The molecule has 0 aromatic carbocycles. The van der Waals surface area contributed by atoms with Gasteiger partial charge in [0, 0.05) is 5.92 Å². The third-order valence-electron chi connectivity index (χ3n) is 1.95. The van der Waals surface area contributed by atoms with E-state index in [1.165, 1.54) is 0 Å². The molecule has 1 rings (SSSR count). The van der Waals surface area contributed by atoms with E-state index >= 15 is 0 Å². The van der Waals surface area contributed by atoms with Crippen LogP contribution in [-0.2, 0) is 0 Å². The molecule has 0 aliphatic heterocycles. The van der Waals surface area contributed by atoms with E-state index in [0.717, 1.165) is 25.7 Å². The molecule has 0 saturated heterocycles. The minimum atomic E-state index is -1.09. The Morgan fingerprint density at radius 1 is 1.44 bits per heavy atom. The van der Waals surface area contributed by atoms with Crippen molar-refractivity contribution in [1.29, 1.82) is 0 Å². The van der Waals surface area contributed by atoms with E-state index in [1.54, 1.807) is 0 Å². The zero-order valence-corrected chi connectivity index (χ0v) is 5.36. The predicted octanol–water partition coefficient (Wildman–Crippen LogP) is 2.10. The molecule has 1 heteroatoms.